The summed E-state index contributed by atoms with van der Waals surface area (Å²) in [7, 11) is 1.11. The molecule has 27 heavy (non-hydrogen) atoms. The van der Waals surface area contributed by atoms with Crippen molar-refractivity contribution in [3.8, 4) is 0 Å². The van der Waals surface area contributed by atoms with Gasteiger partial charge in [0.15, 0.2) is 0 Å². The maximum atomic E-state index is 12.8. The minimum absolute atomic E-state index is 0.305. The van der Waals surface area contributed by atoms with Gasteiger partial charge in [0.05, 0.1) is 24.6 Å². The molecule has 2 aromatic rings. The van der Waals surface area contributed by atoms with Crippen LogP contribution >= 0.6 is 0 Å². The van der Waals surface area contributed by atoms with Crippen LogP contribution in [-0.2, 0) is 30.4 Å². The number of methoxy groups -OCH3 is 1. The molecular weight excluding hydrogens is 368 g/mol. The molecule has 0 atom stereocenters. The second-order valence-corrected chi connectivity index (χ2v) is 9.10. The van der Waals surface area contributed by atoms with Gasteiger partial charge in [-0.05, 0) is 59.0 Å². The normalized spacial score (nSPS) is 12.7. The molecule has 0 aliphatic heterocycles. The van der Waals surface area contributed by atoms with Gasteiger partial charge < -0.3 is 9.64 Å². The second kappa shape index (κ2) is 8.00. The van der Waals surface area contributed by atoms with Gasteiger partial charge in [-0.15, -0.1) is 0 Å². The summed E-state index contributed by atoms with van der Waals surface area (Å²) in [6, 6.07) is 5.61. The van der Waals surface area contributed by atoms with Crippen molar-refractivity contribution in [2.24, 2.45) is 5.41 Å². The lowest BCUT2D eigenvalue weighted by Crippen LogP contribution is -2.33. The number of carbonyl (C=O) groups is 1. The van der Waals surface area contributed by atoms with Crippen molar-refractivity contribution in [3.63, 3.8) is 0 Å². The van der Waals surface area contributed by atoms with Crippen LogP contribution in [0.25, 0.3) is 10.9 Å². The molecule has 0 radical (unpaired) electrons. The molecule has 0 fully saturated rings. The number of hydrogen-bond donors (Lipinski definition) is 0. The highest BCUT2D eigenvalue weighted by atomic mass is 32.2. The Bertz CT molecular complexity index is 929. The minimum Gasteiger partial charge on any atom is -0.469 e. The van der Waals surface area contributed by atoms with E-state index in [-0.39, 0.29) is 6.61 Å². The Hall–Kier alpha value is -1.90. The van der Waals surface area contributed by atoms with E-state index in [0.29, 0.717) is 11.9 Å². The number of rotatable bonds is 8. The molecule has 0 amide bonds. The van der Waals surface area contributed by atoms with E-state index in [0.717, 1.165) is 27.0 Å². The molecule has 2 rings (SSSR count). The highest BCUT2D eigenvalue weighted by molar-refractivity contribution is 7.85. The standard InChI is InChI=1S/C19H28N2O5S/c1-14-7-8-17-16(11-14)15(9-10-20(4)5)12-21(17)27(23,24)26-13-19(2,3)18(22)25-6/h7-8,11-12H,9-10,13H2,1-6H3. The first-order chi connectivity index (χ1) is 12.5. The number of aryl methyl sites for hydroxylation is 1. The minimum atomic E-state index is -4.10. The summed E-state index contributed by atoms with van der Waals surface area (Å²) in [4.78, 5) is 13.8. The number of nitrogens with zero attached hydrogens (tertiary/aromatic N) is 2. The summed E-state index contributed by atoms with van der Waals surface area (Å²) in [5, 5.41) is 0.885. The van der Waals surface area contributed by atoms with Crippen LogP contribution in [0.15, 0.2) is 24.4 Å². The van der Waals surface area contributed by atoms with Crippen LogP contribution in [0, 0.1) is 12.3 Å². The predicted molar refractivity (Wildman–Crippen MR) is 105 cm³/mol. The highest BCUT2D eigenvalue weighted by Gasteiger charge is 2.32. The SMILES string of the molecule is COC(=O)C(C)(C)COS(=O)(=O)n1cc(CCN(C)C)c2cc(C)ccc21. The summed E-state index contributed by atoms with van der Waals surface area (Å²) in [5.41, 5.74) is 1.47. The van der Waals surface area contributed by atoms with Crippen molar-refractivity contribution in [1.82, 2.24) is 8.87 Å². The number of benzene rings is 1. The first-order valence-electron chi connectivity index (χ1n) is 8.71. The quantitative estimate of drug-likeness (QED) is 0.638. The van der Waals surface area contributed by atoms with E-state index >= 15 is 0 Å². The topological polar surface area (TPSA) is 77.8 Å². The van der Waals surface area contributed by atoms with E-state index in [1.54, 1.807) is 26.1 Å². The van der Waals surface area contributed by atoms with E-state index in [1.165, 1.54) is 7.11 Å². The maximum Gasteiger partial charge on any atom is 0.366 e. The Morgan fingerprint density at radius 3 is 2.52 bits per heavy atom. The van der Waals surface area contributed by atoms with Gasteiger partial charge in [-0.1, -0.05) is 11.6 Å². The molecule has 0 spiro atoms. The Kier molecular flexibility index (Phi) is 6.34. The van der Waals surface area contributed by atoms with Crippen LogP contribution in [0.1, 0.15) is 25.0 Å². The van der Waals surface area contributed by atoms with Gasteiger partial charge in [-0.25, -0.2) is 3.97 Å². The van der Waals surface area contributed by atoms with Gasteiger partial charge in [0.2, 0.25) is 0 Å². The largest absolute Gasteiger partial charge is 0.469 e. The van der Waals surface area contributed by atoms with E-state index in [9.17, 15) is 13.2 Å². The molecule has 0 aliphatic carbocycles. The van der Waals surface area contributed by atoms with Crippen molar-refractivity contribution in [3.05, 3.63) is 35.5 Å². The average Bonchev–Trinajstić information content (AvgIpc) is 2.96. The monoisotopic (exact) mass is 396 g/mol. The van der Waals surface area contributed by atoms with Gasteiger partial charge in [0, 0.05) is 18.1 Å². The first kappa shape index (κ1) is 21.4. The van der Waals surface area contributed by atoms with Crippen LogP contribution < -0.4 is 0 Å². The summed E-state index contributed by atoms with van der Waals surface area (Å²) < 4.78 is 36.7. The molecule has 1 aromatic carbocycles. The third-order valence-electron chi connectivity index (χ3n) is 4.38. The van der Waals surface area contributed by atoms with Crippen molar-refractivity contribution >= 4 is 27.2 Å². The average molecular weight is 397 g/mol. The number of likely N-dealkylation sites (N-methyl/N-ethyl adjacent to an activating group) is 1. The van der Waals surface area contributed by atoms with Gasteiger partial charge in [0.1, 0.15) is 0 Å². The van der Waals surface area contributed by atoms with Crippen molar-refractivity contribution in [2.75, 3.05) is 34.4 Å². The third kappa shape index (κ3) is 4.88. The lowest BCUT2D eigenvalue weighted by molar-refractivity contribution is -0.152. The van der Waals surface area contributed by atoms with Crippen LogP contribution in [0.5, 0.6) is 0 Å². The number of fused-ring (bicyclic) bond motifs is 1. The van der Waals surface area contributed by atoms with E-state index in [1.807, 2.05) is 38.1 Å². The Labute approximate surface area is 161 Å². The number of aromatic nitrogens is 1. The Morgan fingerprint density at radius 2 is 1.93 bits per heavy atom. The van der Waals surface area contributed by atoms with Crippen molar-refractivity contribution in [2.45, 2.75) is 27.2 Å². The fraction of sp³-hybridized carbons (Fsp3) is 0.526. The number of hydrogen-bond acceptors (Lipinski definition) is 6. The Morgan fingerprint density at radius 1 is 1.26 bits per heavy atom. The van der Waals surface area contributed by atoms with Crippen molar-refractivity contribution < 1.29 is 22.1 Å². The molecule has 0 bridgehead atoms. The molecular formula is C19H28N2O5S. The van der Waals surface area contributed by atoms with Crippen LogP contribution in [-0.4, -0.2) is 57.6 Å². The van der Waals surface area contributed by atoms with E-state index in [4.69, 9.17) is 8.92 Å². The summed E-state index contributed by atoms with van der Waals surface area (Å²) in [6.45, 7) is 5.61. The molecule has 0 saturated carbocycles. The number of esters is 1. The Balaban J connectivity index is 2.40. The molecule has 7 nitrogen and oxygen atoms in total. The molecule has 1 aromatic heterocycles. The summed E-state index contributed by atoms with van der Waals surface area (Å²) in [5.74, 6) is -0.530. The highest BCUT2D eigenvalue weighted by Crippen LogP contribution is 2.26. The molecule has 150 valence electrons. The molecule has 0 N–H and O–H groups in total. The fourth-order valence-corrected chi connectivity index (χ4v) is 3.94. The number of carbonyl (C=O) groups excluding carboxylic acids is 1. The molecule has 0 aliphatic rings. The molecule has 1 heterocycles. The second-order valence-electron chi connectivity index (χ2n) is 7.62. The van der Waals surface area contributed by atoms with E-state index < -0.39 is 21.7 Å². The molecule has 8 heteroatoms. The zero-order valence-corrected chi connectivity index (χ0v) is 17.6. The van der Waals surface area contributed by atoms with Gasteiger partial charge in [-0.3, -0.25) is 8.98 Å². The molecule has 0 unspecified atom stereocenters. The number of ether oxygens (including phenoxy) is 1. The maximum absolute atomic E-state index is 12.8. The lowest BCUT2D eigenvalue weighted by atomic mass is 9.95. The fourth-order valence-electron chi connectivity index (χ4n) is 2.72. The third-order valence-corrected chi connectivity index (χ3v) is 5.58. The summed E-state index contributed by atoms with van der Waals surface area (Å²) in [6.07, 6.45) is 2.32. The van der Waals surface area contributed by atoms with Crippen LogP contribution in [0.4, 0.5) is 0 Å². The van der Waals surface area contributed by atoms with Gasteiger partial charge in [-0.2, -0.15) is 8.42 Å². The van der Waals surface area contributed by atoms with Crippen molar-refractivity contribution in [1.29, 1.82) is 0 Å². The predicted octanol–water partition coefficient (Wildman–Crippen LogP) is 2.36. The van der Waals surface area contributed by atoms with E-state index in [2.05, 4.69) is 0 Å². The molecule has 0 saturated heterocycles. The van der Waals surface area contributed by atoms with Gasteiger partial charge >= 0.3 is 16.3 Å². The zero-order valence-electron chi connectivity index (χ0n) is 16.8. The van der Waals surface area contributed by atoms with Crippen LogP contribution in [0.2, 0.25) is 0 Å². The first-order valence-corrected chi connectivity index (χ1v) is 10.1. The smallest absolute Gasteiger partial charge is 0.366 e. The lowest BCUT2D eigenvalue weighted by Gasteiger charge is -2.21. The summed E-state index contributed by atoms with van der Waals surface area (Å²) >= 11 is 0. The van der Waals surface area contributed by atoms with Crippen LogP contribution in [0.3, 0.4) is 0 Å². The van der Waals surface area contributed by atoms with Gasteiger partial charge in [0.25, 0.3) is 0 Å². The zero-order chi connectivity index (χ0) is 20.4.